The van der Waals surface area contributed by atoms with E-state index in [-0.39, 0.29) is 5.78 Å². The Morgan fingerprint density at radius 2 is 1.76 bits per heavy atom. The van der Waals surface area contributed by atoms with Gasteiger partial charge in [-0.05, 0) is 12.3 Å². The van der Waals surface area contributed by atoms with Crippen molar-refractivity contribution in [3.63, 3.8) is 0 Å². The van der Waals surface area contributed by atoms with E-state index in [1.807, 2.05) is 33.8 Å². The second kappa shape index (κ2) is 20.5. The molecule has 1 aliphatic rings. The summed E-state index contributed by atoms with van der Waals surface area (Å²) in [6.07, 6.45) is 11.4. The first kappa shape index (κ1) is 24.2. The zero-order valence-electron chi connectivity index (χ0n) is 14.7. The van der Waals surface area contributed by atoms with Gasteiger partial charge < -0.3 is 5.32 Å². The minimum Gasteiger partial charge on any atom is -0.387 e. The third-order valence-corrected chi connectivity index (χ3v) is 1.86. The van der Waals surface area contributed by atoms with Crippen molar-refractivity contribution >= 4 is 5.78 Å². The summed E-state index contributed by atoms with van der Waals surface area (Å²) in [6.45, 7) is 20.1. The highest BCUT2D eigenvalue weighted by molar-refractivity contribution is 6.12. The number of nitrogens with one attached hydrogen (secondary N) is 1. The molecule has 0 atom stereocenters. The molecule has 0 fully saturated rings. The van der Waals surface area contributed by atoms with Gasteiger partial charge >= 0.3 is 0 Å². The lowest BCUT2D eigenvalue weighted by molar-refractivity contribution is -0.111. The zero-order chi connectivity index (χ0) is 17.1. The molecule has 2 nitrogen and oxygen atoms in total. The van der Waals surface area contributed by atoms with Gasteiger partial charge in [0.2, 0.25) is 0 Å². The minimum atomic E-state index is -0.0161. The molecule has 1 heterocycles. The number of carbonyl (C=O) groups excluding carboxylic acids is 1. The van der Waals surface area contributed by atoms with E-state index in [2.05, 4.69) is 32.3 Å². The van der Waals surface area contributed by atoms with Gasteiger partial charge in [-0.2, -0.15) is 0 Å². The predicted octanol–water partition coefficient (Wildman–Crippen LogP) is 5.37. The monoisotopic (exact) mass is 291 g/mol. The molecule has 0 aromatic rings. The maximum absolute atomic E-state index is 11.8. The van der Waals surface area contributed by atoms with Gasteiger partial charge in [-0.3, -0.25) is 4.79 Å². The number of hydrogen-bond acceptors (Lipinski definition) is 2. The van der Waals surface area contributed by atoms with Crippen LogP contribution in [0, 0.1) is 0 Å². The molecule has 0 saturated carbocycles. The van der Waals surface area contributed by atoms with Crippen molar-refractivity contribution in [2.45, 2.75) is 48.0 Å². The third-order valence-electron chi connectivity index (χ3n) is 1.86. The Bertz CT molecular complexity index is 360. The molecule has 0 aliphatic carbocycles. The third kappa shape index (κ3) is 12.9. The van der Waals surface area contributed by atoms with Crippen LogP contribution in [0.4, 0.5) is 0 Å². The van der Waals surface area contributed by atoms with E-state index in [9.17, 15) is 4.79 Å². The van der Waals surface area contributed by atoms with Gasteiger partial charge in [0.15, 0.2) is 5.78 Å². The van der Waals surface area contributed by atoms with E-state index in [0.29, 0.717) is 17.7 Å². The molecule has 0 spiro atoms. The lowest BCUT2D eigenvalue weighted by Crippen LogP contribution is -2.13. The van der Waals surface area contributed by atoms with Crippen LogP contribution in [0.3, 0.4) is 0 Å². The van der Waals surface area contributed by atoms with Crippen molar-refractivity contribution < 1.29 is 4.79 Å². The molecule has 0 unspecified atom stereocenters. The summed E-state index contributed by atoms with van der Waals surface area (Å²) in [4.78, 5) is 11.8. The number of Topliss-reactive ketones (excluding diaryl/α,β-unsaturated/α-hetero) is 1. The molecule has 0 amide bonds. The van der Waals surface area contributed by atoms with Crippen LogP contribution >= 0.6 is 0 Å². The van der Waals surface area contributed by atoms with Crippen LogP contribution < -0.4 is 5.32 Å². The standard InChI is InChI=1S/C12H13NO.C3H8.2C2H6/c1-3-5-10(4-2)12(14)11-6-8-13-9-7-11;1-3-2;2*1-2/h3-8,13H,1-2,9H2;3H2,1-2H3;2*1-2H3/b10-5+;;;. The largest absolute Gasteiger partial charge is 0.387 e. The highest BCUT2D eigenvalue weighted by Crippen LogP contribution is 2.10. The molecule has 0 aromatic heterocycles. The Morgan fingerprint density at radius 1 is 1.24 bits per heavy atom. The van der Waals surface area contributed by atoms with Crippen molar-refractivity contribution in [3.8, 4) is 0 Å². The summed E-state index contributed by atoms with van der Waals surface area (Å²) < 4.78 is 0. The SMILES string of the molecule is C=C/C=C(\C=C)C(=O)C1=CCNC=C1.CC.CC.CCC. The van der Waals surface area contributed by atoms with Gasteiger partial charge in [0.05, 0.1) is 0 Å². The zero-order valence-corrected chi connectivity index (χ0v) is 14.7. The molecular weight excluding hydrogens is 258 g/mol. The maximum atomic E-state index is 11.8. The minimum absolute atomic E-state index is 0.0161. The number of carbonyl (C=O) groups is 1. The number of ketones is 1. The van der Waals surface area contributed by atoms with Gasteiger partial charge in [-0.15, -0.1) is 0 Å². The average molecular weight is 291 g/mol. The summed E-state index contributed by atoms with van der Waals surface area (Å²) in [5.74, 6) is -0.0161. The fourth-order valence-electron chi connectivity index (χ4n) is 1.15. The van der Waals surface area contributed by atoms with Gasteiger partial charge in [0.25, 0.3) is 0 Å². The lowest BCUT2D eigenvalue weighted by Gasteiger charge is -2.07. The van der Waals surface area contributed by atoms with Crippen LogP contribution in [0.2, 0.25) is 0 Å². The average Bonchev–Trinajstić information content (AvgIpc) is 2.57. The summed E-state index contributed by atoms with van der Waals surface area (Å²) in [7, 11) is 0. The highest BCUT2D eigenvalue weighted by Gasteiger charge is 2.10. The Morgan fingerprint density at radius 3 is 2.10 bits per heavy atom. The molecule has 1 rings (SSSR count). The summed E-state index contributed by atoms with van der Waals surface area (Å²) in [6, 6.07) is 0. The van der Waals surface area contributed by atoms with E-state index in [4.69, 9.17) is 0 Å². The van der Waals surface area contributed by atoms with E-state index >= 15 is 0 Å². The first-order valence-corrected chi connectivity index (χ1v) is 7.81. The summed E-state index contributed by atoms with van der Waals surface area (Å²) in [5.41, 5.74) is 1.26. The molecular formula is C19H33NO. The summed E-state index contributed by atoms with van der Waals surface area (Å²) in [5, 5.41) is 2.98. The molecule has 21 heavy (non-hydrogen) atoms. The van der Waals surface area contributed by atoms with Crippen molar-refractivity contribution in [2.24, 2.45) is 0 Å². The Labute approximate surface area is 132 Å². The molecule has 1 aliphatic heterocycles. The summed E-state index contributed by atoms with van der Waals surface area (Å²) >= 11 is 0. The van der Waals surface area contributed by atoms with Crippen LogP contribution in [0.15, 0.2) is 60.9 Å². The number of rotatable bonds is 4. The van der Waals surface area contributed by atoms with Crippen molar-refractivity contribution in [1.29, 1.82) is 0 Å². The Kier molecular flexibility index (Phi) is 23.6. The van der Waals surface area contributed by atoms with Crippen LogP contribution in [-0.4, -0.2) is 12.3 Å². The highest BCUT2D eigenvalue weighted by atomic mass is 16.1. The van der Waals surface area contributed by atoms with E-state index in [0.717, 1.165) is 0 Å². The van der Waals surface area contributed by atoms with Crippen LogP contribution in [0.5, 0.6) is 0 Å². The second-order valence-corrected chi connectivity index (χ2v) is 3.50. The topological polar surface area (TPSA) is 29.1 Å². The van der Waals surface area contributed by atoms with Gasteiger partial charge in [0.1, 0.15) is 0 Å². The Hall–Kier alpha value is -1.83. The smallest absolute Gasteiger partial charge is 0.192 e. The molecule has 0 saturated heterocycles. The van der Waals surface area contributed by atoms with Crippen LogP contribution in [0.25, 0.3) is 0 Å². The van der Waals surface area contributed by atoms with E-state index in [1.165, 1.54) is 6.42 Å². The fraction of sp³-hybridized carbons (Fsp3) is 0.421. The van der Waals surface area contributed by atoms with Gasteiger partial charge in [-0.1, -0.05) is 85.4 Å². The fourth-order valence-corrected chi connectivity index (χ4v) is 1.15. The van der Waals surface area contributed by atoms with Crippen molar-refractivity contribution in [3.05, 3.63) is 60.9 Å². The first-order valence-electron chi connectivity index (χ1n) is 7.81. The van der Waals surface area contributed by atoms with Crippen LogP contribution in [-0.2, 0) is 4.79 Å². The Balaban J connectivity index is -0.000000399. The van der Waals surface area contributed by atoms with Crippen molar-refractivity contribution in [2.75, 3.05) is 6.54 Å². The first-order chi connectivity index (χ1) is 10.2. The van der Waals surface area contributed by atoms with Crippen LogP contribution in [0.1, 0.15) is 48.0 Å². The molecule has 2 heteroatoms. The number of allylic oxidation sites excluding steroid dienone is 6. The maximum Gasteiger partial charge on any atom is 0.192 e. The van der Waals surface area contributed by atoms with Gasteiger partial charge in [0, 0.05) is 17.7 Å². The number of hydrogen-bond donors (Lipinski definition) is 1. The van der Waals surface area contributed by atoms with Crippen molar-refractivity contribution in [1.82, 2.24) is 5.32 Å². The molecule has 1 N–H and O–H groups in total. The lowest BCUT2D eigenvalue weighted by atomic mass is 10.0. The van der Waals surface area contributed by atoms with E-state index in [1.54, 1.807) is 30.5 Å². The predicted molar refractivity (Wildman–Crippen MR) is 97.4 cm³/mol. The molecule has 0 aromatic carbocycles. The molecule has 0 bridgehead atoms. The second-order valence-electron chi connectivity index (χ2n) is 3.50. The van der Waals surface area contributed by atoms with E-state index < -0.39 is 0 Å². The van der Waals surface area contributed by atoms with Gasteiger partial charge in [-0.25, -0.2) is 0 Å². The molecule has 120 valence electrons. The number of dihydropyridines is 1. The molecule has 0 radical (unpaired) electrons. The normalized spacial score (nSPS) is 11.7. The quantitative estimate of drug-likeness (QED) is 0.557.